The molecule has 0 heterocycles. The molecule has 0 fully saturated rings. The Labute approximate surface area is 128 Å². The van der Waals surface area contributed by atoms with Gasteiger partial charge in [-0.3, -0.25) is 0 Å². The Morgan fingerprint density at radius 2 is 1.56 bits per heavy atom. The fourth-order valence-corrected chi connectivity index (χ4v) is 2.26. The van der Waals surface area contributed by atoms with Gasteiger partial charge in [0, 0.05) is 5.56 Å². The molecule has 0 aliphatic carbocycles. The largest absolute Gasteiger partial charge is 1.00 e. The summed E-state index contributed by atoms with van der Waals surface area (Å²) >= 11 is 0. The molecule has 0 unspecified atom stereocenters. The maximum absolute atomic E-state index is 11.0. The molecule has 2 aromatic rings. The molecule has 6 heteroatoms. The van der Waals surface area contributed by atoms with Crippen LogP contribution in [0.2, 0.25) is 0 Å². The van der Waals surface area contributed by atoms with Crippen LogP contribution in [0.3, 0.4) is 0 Å². The third-order valence-corrected chi connectivity index (χ3v) is 3.31. The fourth-order valence-electron chi connectivity index (χ4n) is 1.63. The van der Waals surface area contributed by atoms with Crippen LogP contribution in [-0.4, -0.2) is 13.0 Å². The fraction of sp³-hybridized carbons (Fsp3) is 0. The summed E-state index contributed by atoms with van der Waals surface area (Å²) in [4.78, 5) is -0.376. The molecule has 0 atom stereocenters. The van der Waals surface area contributed by atoms with Gasteiger partial charge in [-0.25, -0.2) is 8.42 Å². The van der Waals surface area contributed by atoms with E-state index >= 15 is 0 Å². The molecule has 2 N–H and O–H groups in total. The molecular weight excluding hydrogens is 261 g/mol. The number of nitrogen functional groups attached to an aromatic ring is 1. The van der Waals surface area contributed by atoms with Crippen molar-refractivity contribution in [2.24, 2.45) is 0 Å². The molecule has 0 aromatic heterocycles. The number of anilines is 1. The normalized spacial score (nSPS) is 10.7. The average Bonchev–Trinajstić information content (AvgIpc) is 2.29. The Hall–Kier alpha value is -0.850. The second-order valence-corrected chi connectivity index (χ2v) is 4.89. The topological polar surface area (TPSA) is 83.2 Å². The van der Waals surface area contributed by atoms with Crippen molar-refractivity contribution >= 4 is 15.8 Å². The van der Waals surface area contributed by atoms with Crippen LogP contribution in [0.25, 0.3) is 11.1 Å². The summed E-state index contributed by atoms with van der Waals surface area (Å²) in [6.07, 6.45) is 0. The van der Waals surface area contributed by atoms with Gasteiger partial charge in [0.05, 0.1) is 10.6 Å². The van der Waals surface area contributed by atoms with Gasteiger partial charge >= 0.3 is 29.6 Å². The van der Waals surface area contributed by atoms with Crippen molar-refractivity contribution in [2.45, 2.75) is 4.90 Å². The Kier molecular flexibility index (Phi) is 4.95. The van der Waals surface area contributed by atoms with E-state index in [2.05, 4.69) is 0 Å². The van der Waals surface area contributed by atoms with Gasteiger partial charge < -0.3 is 10.3 Å². The van der Waals surface area contributed by atoms with E-state index < -0.39 is 10.1 Å². The van der Waals surface area contributed by atoms with E-state index in [0.29, 0.717) is 5.56 Å². The van der Waals surface area contributed by atoms with Crippen LogP contribution >= 0.6 is 0 Å². The van der Waals surface area contributed by atoms with Gasteiger partial charge in [0.25, 0.3) is 0 Å². The number of rotatable bonds is 2. The molecule has 0 amide bonds. The molecule has 0 saturated carbocycles. The molecule has 2 rings (SSSR count). The van der Waals surface area contributed by atoms with Crippen molar-refractivity contribution in [3.05, 3.63) is 48.5 Å². The molecule has 0 bridgehead atoms. The van der Waals surface area contributed by atoms with E-state index in [1.165, 1.54) is 12.1 Å². The van der Waals surface area contributed by atoms with E-state index in [1.807, 2.05) is 18.2 Å². The number of hydrogen-bond donors (Lipinski definition) is 1. The predicted molar refractivity (Wildman–Crippen MR) is 64.3 cm³/mol. The van der Waals surface area contributed by atoms with Gasteiger partial charge in [-0.2, -0.15) is 0 Å². The van der Waals surface area contributed by atoms with Gasteiger partial charge in [0.2, 0.25) is 0 Å². The van der Waals surface area contributed by atoms with E-state index in [-0.39, 0.29) is 40.1 Å². The first-order valence-corrected chi connectivity index (χ1v) is 6.31. The van der Waals surface area contributed by atoms with Crippen LogP contribution in [0.15, 0.2) is 53.4 Å². The molecule has 0 spiro atoms. The van der Waals surface area contributed by atoms with Gasteiger partial charge in [0.1, 0.15) is 10.1 Å². The summed E-state index contributed by atoms with van der Waals surface area (Å²) in [7, 11) is -4.54. The molecule has 2 aromatic carbocycles. The predicted octanol–water partition coefficient (Wildman–Crippen LogP) is -1.16. The monoisotopic (exact) mass is 271 g/mol. The molecule has 4 nitrogen and oxygen atoms in total. The van der Waals surface area contributed by atoms with E-state index in [1.54, 1.807) is 18.2 Å². The standard InChI is InChI=1S/C12H11NO3S.Na/c13-12-10(9-5-2-1-3-6-9)7-4-8-11(12)17(14,15)16;/h1-8H,13H2,(H,14,15,16);/q;+1/p-1. The van der Waals surface area contributed by atoms with Crippen molar-refractivity contribution in [1.82, 2.24) is 0 Å². The van der Waals surface area contributed by atoms with Crippen molar-refractivity contribution in [3.63, 3.8) is 0 Å². The minimum atomic E-state index is -4.54. The summed E-state index contributed by atoms with van der Waals surface area (Å²) in [6.45, 7) is 0. The Balaban J connectivity index is 0.00000162. The van der Waals surface area contributed by atoms with Crippen LogP contribution in [0.5, 0.6) is 0 Å². The quantitative estimate of drug-likeness (QED) is 0.424. The van der Waals surface area contributed by atoms with Gasteiger partial charge in [-0.15, -0.1) is 0 Å². The molecule has 0 aliphatic heterocycles. The van der Waals surface area contributed by atoms with Gasteiger partial charge in [-0.1, -0.05) is 42.5 Å². The summed E-state index contributed by atoms with van der Waals surface area (Å²) < 4.78 is 33.0. The molecular formula is C12H10NNaO3S. The second-order valence-electron chi connectivity index (χ2n) is 3.54. The third kappa shape index (κ3) is 3.13. The van der Waals surface area contributed by atoms with Crippen molar-refractivity contribution in [1.29, 1.82) is 0 Å². The van der Waals surface area contributed by atoms with E-state index in [4.69, 9.17) is 5.73 Å². The molecule has 18 heavy (non-hydrogen) atoms. The summed E-state index contributed by atoms with van der Waals surface area (Å²) in [5, 5.41) is 0. The van der Waals surface area contributed by atoms with Crippen LogP contribution in [0, 0.1) is 0 Å². The zero-order chi connectivity index (χ0) is 12.5. The van der Waals surface area contributed by atoms with Crippen LogP contribution in [-0.2, 0) is 10.1 Å². The maximum Gasteiger partial charge on any atom is 1.00 e. The van der Waals surface area contributed by atoms with E-state index in [0.717, 1.165) is 5.56 Å². The molecule has 0 radical (unpaired) electrons. The Morgan fingerprint density at radius 1 is 0.944 bits per heavy atom. The Bertz CT molecular complexity index is 642. The first kappa shape index (κ1) is 15.2. The minimum absolute atomic E-state index is 0. The van der Waals surface area contributed by atoms with Crippen LogP contribution in [0.1, 0.15) is 0 Å². The number of hydrogen-bond acceptors (Lipinski definition) is 4. The Morgan fingerprint density at radius 3 is 2.11 bits per heavy atom. The van der Waals surface area contributed by atoms with Crippen molar-refractivity contribution < 1.29 is 42.5 Å². The smallest absolute Gasteiger partial charge is 0.744 e. The van der Waals surface area contributed by atoms with Gasteiger partial charge in [-0.05, 0) is 11.6 Å². The summed E-state index contributed by atoms with van der Waals surface area (Å²) in [5.41, 5.74) is 7.03. The third-order valence-electron chi connectivity index (χ3n) is 2.42. The molecule has 0 saturated heterocycles. The zero-order valence-corrected chi connectivity index (χ0v) is 12.6. The average molecular weight is 271 g/mol. The van der Waals surface area contributed by atoms with Gasteiger partial charge in [0.15, 0.2) is 0 Å². The number of nitrogens with two attached hydrogens (primary N) is 1. The minimum Gasteiger partial charge on any atom is -0.744 e. The SMILES string of the molecule is Nc1c(-c2ccccc2)cccc1S(=O)(=O)[O-].[Na+]. The summed E-state index contributed by atoms with van der Waals surface area (Å²) in [5.74, 6) is 0. The number of para-hydroxylation sites is 1. The van der Waals surface area contributed by atoms with E-state index in [9.17, 15) is 13.0 Å². The maximum atomic E-state index is 11.0. The molecule has 0 aliphatic rings. The van der Waals surface area contributed by atoms with Crippen LogP contribution < -0.4 is 35.3 Å². The second kappa shape index (κ2) is 5.86. The molecule has 88 valence electrons. The summed E-state index contributed by atoms with van der Waals surface area (Å²) in [6, 6.07) is 13.5. The first-order chi connectivity index (χ1) is 8.00. The zero-order valence-electron chi connectivity index (χ0n) is 9.83. The van der Waals surface area contributed by atoms with Crippen molar-refractivity contribution in [2.75, 3.05) is 5.73 Å². The first-order valence-electron chi connectivity index (χ1n) is 4.90. The number of benzene rings is 2. The van der Waals surface area contributed by atoms with Crippen molar-refractivity contribution in [3.8, 4) is 11.1 Å². The van der Waals surface area contributed by atoms with Crippen LogP contribution in [0.4, 0.5) is 5.69 Å².